The number of halogens is 2. The van der Waals surface area contributed by atoms with E-state index in [1.807, 2.05) is 0 Å². The van der Waals surface area contributed by atoms with Gasteiger partial charge in [-0.25, -0.2) is 4.39 Å². The highest BCUT2D eigenvalue weighted by Crippen LogP contribution is 2.32. The summed E-state index contributed by atoms with van der Waals surface area (Å²) >= 11 is 6.00. The number of anilines is 1. The molecule has 2 heterocycles. The Kier molecular flexibility index (Phi) is 5.80. The highest BCUT2D eigenvalue weighted by Gasteiger charge is 2.34. The van der Waals surface area contributed by atoms with E-state index in [9.17, 15) is 9.18 Å². The lowest BCUT2D eigenvalue weighted by Crippen LogP contribution is -2.47. The smallest absolute Gasteiger partial charge is 0.205 e. The molecule has 0 radical (unpaired) electrons. The van der Waals surface area contributed by atoms with Crippen LogP contribution in [-0.4, -0.2) is 43.7 Å². The molecule has 0 aromatic heterocycles. The van der Waals surface area contributed by atoms with Crippen molar-refractivity contribution < 1.29 is 18.7 Å². The van der Waals surface area contributed by atoms with E-state index in [0.29, 0.717) is 30.3 Å². The molecular weight excluding hydrogens is 383 g/mol. The summed E-state index contributed by atoms with van der Waals surface area (Å²) in [5, 5.41) is 7.08. The molecule has 7 heteroatoms. The van der Waals surface area contributed by atoms with Gasteiger partial charge in [0.1, 0.15) is 17.7 Å². The molecule has 2 N–H and O–H groups in total. The zero-order valence-corrected chi connectivity index (χ0v) is 16.0. The fourth-order valence-electron chi connectivity index (χ4n) is 3.55. The summed E-state index contributed by atoms with van der Waals surface area (Å²) < 4.78 is 25.1. The fraction of sp³-hybridized carbons (Fsp3) is 0.381. The first-order valence-electron chi connectivity index (χ1n) is 9.43. The van der Waals surface area contributed by atoms with Crippen molar-refractivity contribution in [3.8, 4) is 5.75 Å². The Morgan fingerprint density at radius 1 is 1.14 bits per heavy atom. The quantitative estimate of drug-likeness (QED) is 0.819. The second-order valence-corrected chi connectivity index (χ2v) is 7.54. The summed E-state index contributed by atoms with van der Waals surface area (Å²) in [6, 6.07) is 11.7. The monoisotopic (exact) mass is 404 g/mol. The van der Waals surface area contributed by atoms with Crippen LogP contribution in [0.5, 0.6) is 5.75 Å². The van der Waals surface area contributed by atoms with Crippen molar-refractivity contribution in [1.82, 2.24) is 5.32 Å². The minimum absolute atomic E-state index is 0.0911. The van der Waals surface area contributed by atoms with E-state index in [0.717, 1.165) is 24.2 Å². The number of ether oxygens (including phenoxy) is 2. The Balaban J connectivity index is 1.41. The van der Waals surface area contributed by atoms with Gasteiger partial charge in [-0.15, -0.1) is 0 Å². The molecule has 0 aliphatic carbocycles. The van der Waals surface area contributed by atoms with Gasteiger partial charge in [-0.3, -0.25) is 4.79 Å². The number of Topliss-reactive ketones (excluding diaryl/α,β-unsaturated/α-hetero) is 1. The highest BCUT2D eigenvalue weighted by atomic mass is 35.5. The average Bonchev–Trinajstić information content (AvgIpc) is 2.94. The molecule has 0 saturated carbocycles. The fourth-order valence-corrected chi connectivity index (χ4v) is 3.72. The maximum atomic E-state index is 13.1. The van der Waals surface area contributed by atoms with Crippen LogP contribution in [0.25, 0.3) is 0 Å². The first kappa shape index (κ1) is 19.2. The molecule has 5 nitrogen and oxygen atoms in total. The minimum Gasteiger partial charge on any atom is -0.479 e. The SMILES string of the molecule is O=C(C1CNc2cc(Cl)ccc2O1)C1CNCCC(Cc2ccc(F)cc2)O1. The molecule has 0 bridgehead atoms. The van der Waals surface area contributed by atoms with Gasteiger partial charge in [-0.1, -0.05) is 23.7 Å². The molecule has 1 fully saturated rings. The number of hydrogen-bond donors (Lipinski definition) is 2. The Morgan fingerprint density at radius 3 is 2.79 bits per heavy atom. The van der Waals surface area contributed by atoms with Gasteiger partial charge in [0.15, 0.2) is 6.10 Å². The van der Waals surface area contributed by atoms with Gasteiger partial charge in [0.2, 0.25) is 5.78 Å². The van der Waals surface area contributed by atoms with Crippen LogP contribution < -0.4 is 15.4 Å². The summed E-state index contributed by atoms with van der Waals surface area (Å²) in [5.41, 5.74) is 1.77. The number of rotatable bonds is 4. The third kappa shape index (κ3) is 4.46. The second kappa shape index (κ2) is 8.47. The van der Waals surface area contributed by atoms with Gasteiger partial charge in [0, 0.05) is 11.6 Å². The van der Waals surface area contributed by atoms with Crippen LogP contribution in [0.1, 0.15) is 12.0 Å². The number of nitrogens with one attached hydrogen (secondary N) is 2. The first-order valence-corrected chi connectivity index (χ1v) is 9.81. The van der Waals surface area contributed by atoms with E-state index in [-0.39, 0.29) is 17.7 Å². The van der Waals surface area contributed by atoms with E-state index < -0.39 is 12.2 Å². The van der Waals surface area contributed by atoms with Gasteiger partial charge >= 0.3 is 0 Å². The van der Waals surface area contributed by atoms with Crippen LogP contribution in [0.2, 0.25) is 5.02 Å². The lowest BCUT2D eigenvalue weighted by atomic mass is 10.0. The maximum absolute atomic E-state index is 13.1. The van der Waals surface area contributed by atoms with E-state index in [1.54, 1.807) is 30.3 Å². The van der Waals surface area contributed by atoms with Crippen molar-refractivity contribution in [3.63, 3.8) is 0 Å². The van der Waals surface area contributed by atoms with Crippen molar-refractivity contribution in [3.05, 3.63) is 58.9 Å². The van der Waals surface area contributed by atoms with Crippen molar-refractivity contribution in [2.45, 2.75) is 31.2 Å². The standard InChI is InChI=1S/C21H22ClFN2O3/c22-14-3-6-18-17(10-14)25-12-20(28-18)21(26)19-11-24-8-7-16(27-19)9-13-1-4-15(23)5-2-13/h1-6,10,16,19-20,24-25H,7-9,11-12H2. The number of fused-ring (bicyclic) bond motifs is 1. The zero-order chi connectivity index (χ0) is 19.5. The first-order chi connectivity index (χ1) is 13.6. The normalized spacial score (nSPS) is 24.4. The third-order valence-corrected chi connectivity index (χ3v) is 5.26. The molecule has 4 rings (SSSR count). The summed E-state index contributed by atoms with van der Waals surface area (Å²) in [5.74, 6) is 0.258. The Hall–Kier alpha value is -2.15. The molecule has 2 aromatic rings. The molecule has 0 amide bonds. The molecular formula is C21H22ClFN2O3. The molecule has 2 aliphatic rings. The van der Waals surface area contributed by atoms with Gasteiger partial charge in [0.05, 0.1) is 18.3 Å². The van der Waals surface area contributed by atoms with Gasteiger partial charge in [-0.05, 0) is 55.3 Å². The van der Waals surface area contributed by atoms with Crippen LogP contribution in [0.3, 0.4) is 0 Å². The van der Waals surface area contributed by atoms with E-state index in [2.05, 4.69) is 10.6 Å². The van der Waals surface area contributed by atoms with Gasteiger partial charge in [0.25, 0.3) is 0 Å². The van der Waals surface area contributed by atoms with Crippen LogP contribution in [-0.2, 0) is 16.0 Å². The molecule has 2 aliphatic heterocycles. The van der Waals surface area contributed by atoms with E-state index in [1.165, 1.54) is 12.1 Å². The van der Waals surface area contributed by atoms with E-state index >= 15 is 0 Å². The molecule has 3 atom stereocenters. The highest BCUT2D eigenvalue weighted by molar-refractivity contribution is 6.30. The summed E-state index contributed by atoms with van der Waals surface area (Å²) in [7, 11) is 0. The van der Waals surface area contributed by atoms with Crippen LogP contribution in [0.4, 0.5) is 10.1 Å². The lowest BCUT2D eigenvalue weighted by molar-refractivity contribution is -0.140. The van der Waals surface area contributed by atoms with Crippen molar-refractivity contribution in [2.24, 2.45) is 0 Å². The van der Waals surface area contributed by atoms with Crippen LogP contribution in [0, 0.1) is 5.82 Å². The predicted molar refractivity (Wildman–Crippen MR) is 106 cm³/mol. The number of carbonyl (C=O) groups is 1. The summed E-state index contributed by atoms with van der Waals surface area (Å²) in [4.78, 5) is 13.0. The Bertz CT molecular complexity index is 846. The van der Waals surface area contributed by atoms with Crippen molar-refractivity contribution in [2.75, 3.05) is 25.0 Å². The largest absolute Gasteiger partial charge is 0.479 e. The number of ketones is 1. The Labute approximate surface area is 168 Å². The molecule has 28 heavy (non-hydrogen) atoms. The van der Waals surface area contributed by atoms with Gasteiger partial charge in [-0.2, -0.15) is 0 Å². The molecule has 2 aromatic carbocycles. The Morgan fingerprint density at radius 2 is 1.96 bits per heavy atom. The van der Waals surface area contributed by atoms with Crippen molar-refractivity contribution >= 4 is 23.1 Å². The van der Waals surface area contributed by atoms with Gasteiger partial charge < -0.3 is 20.1 Å². The molecule has 0 spiro atoms. The van der Waals surface area contributed by atoms with E-state index in [4.69, 9.17) is 21.1 Å². The lowest BCUT2D eigenvalue weighted by Gasteiger charge is -2.29. The zero-order valence-electron chi connectivity index (χ0n) is 15.3. The minimum atomic E-state index is -0.620. The topological polar surface area (TPSA) is 59.6 Å². The number of benzene rings is 2. The summed E-state index contributed by atoms with van der Waals surface area (Å²) in [6.07, 6.45) is 0.0963. The van der Waals surface area contributed by atoms with Crippen LogP contribution >= 0.6 is 11.6 Å². The maximum Gasteiger partial charge on any atom is 0.205 e. The molecule has 148 valence electrons. The predicted octanol–water partition coefficient (Wildman–Crippen LogP) is 3.21. The number of carbonyl (C=O) groups excluding carboxylic acids is 1. The molecule has 3 unspecified atom stereocenters. The third-order valence-electron chi connectivity index (χ3n) is 5.03. The molecule has 1 saturated heterocycles. The van der Waals surface area contributed by atoms with Crippen LogP contribution in [0.15, 0.2) is 42.5 Å². The number of hydrogen-bond acceptors (Lipinski definition) is 5. The average molecular weight is 405 g/mol. The summed E-state index contributed by atoms with van der Waals surface area (Å²) in [6.45, 7) is 1.58. The second-order valence-electron chi connectivity index (χ2n) is 7.10. The van der Waals surface area contributed by atoms with Crippen molar-refractivity contribution in [1.29, 1.82) is 0 Å².